The van der Waals surface area contributed by atoms with Gasteiger partial charge in [0.05, 0.1) is 11.4 Å². The van der Waals surface area contributed by atoms with E-state index in [2.05, 4.69) is 28.4 Å². The number of hydrogen-bond donors (Lipinski definition) is 1. The Morgan fingerprint density at radius 3 is 2.71 bits per heavy atom. The number of hydrogen-bond acceptors (Lipinski definition) is 3. The van der Waals surface area contributed by atoms with Crippen LogP contribution in [0.2, 0.25) is 0 Å². The van der Waals surface area contributed by atoms with Crippen molar-refractivity contribution in [2.75, 3.05) is 0 Å². The molecule has 0 aliphatic heterocycles. The molecular weight excluding hydrogens is 260 g/mol. The van der Waals surface area contributed by atoms with E-state index in [1.807, 2.05) is 59.5 Å². The maximum absolute atomic E-state index is 4.58. The number of nitrogens with zero attached hydrogens (tertiary/aromatic N) is 3. The third-order valence-corrected chi connectivity index (χ3v) is 3.44. The molecule has 0 fully saturated rings. The van der Waals surface area contributed by atoms with Gasteiger partial charge in [0.2, 0.25) is 0 Å². The molecule has 3 rings (SSSR count). The van der Waals surface area contributed by atoms with Gasteiger partial charge >= 0.3 is 0 Å². The normalized spacial score (nSPS) is 12.2. The van der Waals surface area contributed by atoms with Gasteiger partial charge in [-0.3, -0.25) is 4.98 Å². The van der Waals surface area contributed by atoms with Crippen molar-refractivity contribution >= 4 is 0 Å². The van der Waals surface area contributed by atoms with E-state index in [9.17, 15) is 0 Å². The van der Waals surface area contributed by atoms with Crippen LogP contribution in [0.5, 0.6) is 0 Å². The fourth-order valence-electron chi connectivity index (χ4n) is 2.19. The molecule has 1 aromatic carbocycles. The number of rotatable bonds is 5. The zero-order valence-electron chi connectivity index (χ0n) is 12.0. The summed E-state index contributed by atoms with van der Waals surface area (Å²) in [7, 11) is 0. The predicted molar refractivity (Wildman–Crippen MR) is 83.1 cm³/mol. The highest BCUT2D eigenvalue weighted by molar-refractivity contribution is 5.30. The lowest BCUT2D eigenvalue weighted by atomic mass is 10.1. The van der Waals surface area contributed by atoms with Crippen LogP contribution < -0.4 is 5.32 Å². The molecule has 21 heavy (non-hydrogen) atoms. The molecule has 0 amide bonds. The van der Waals surface area contributed by atoms with Crippen molar-refractivity contribution in [3.8, 4) is 5.69 Å². The van der Waals surface area contributed by atoms with Crippen LogP contribution in [0, 0.1) is 0 Å². The molecule has 0 radical (unpaired) electrons. The van der Waals surface area contributed by atoms with Crippen LogP contribution in [-0.2, 0) is 6.54 Å². The van der Waals surface area contributed by atoms with Crippen LogP contribution in [0.1, 0.15) is 24.2 Å². The molecule has 1 atom stereocenters. The third-order valence-electron chi connectivity index (χ3n) is 3.44. The van der Waals surface area contributed by atoms with Gasteiger partial charge in [0, 0.05) is 31.2 Å². The molecule has 2 heterocycles. The topological polar surface area (TPSA) is 42.7 Å². The summed E-state index contributed by atoms with van der Waals surface area (Å²) in [5.41, 5.74) is 3.28. The predicted octanol–water partition coefficient (Wildman–Crippen LogP) is 3.12. The van der Waals surface area contributed by atoms with Crippen molar-refractivity contribution in [2.24, 2.45) is 0 Å². The van der Waals surface area contributed by atoms with E-state index in [1.165, 1.54) is 5.56 Å². The second-order valence-corrected chi connectivity index (χ2v) is 4.98. The molecule has 0 saturated heterocycles. The van der Waals surface area contributed by atoms with Gasteiger partial charge in [-0.05, 0) is 36.8 Å². The highest BCUT2D eigenvalue weighted by Gasteiger charge is 2.06. The number of nitrogens with one attached hydrogen (secondary N) is 1. The second kappa shape index (κ2) is 6.33. The van der Waals surface area contributed by atoms with Crippen LogP contribution in [0.25, 0.3) is 5.69 Å². The molecule has 1 N–H and O–H groups in total. The molecule has 4 nitrogen and oxygen atoms in total. The van der Waals surface area contributed by atoms with Crippen LogP contribution in [0.3, 0.4) is 0 Å². The lowest BCUT2D eigenvalue weighted by Gasteiger charge is -2.12. The van der Waals surface area contributed by atoms with Crippen molar-refractivity contribution in [3.63, 3.8) is 0 Å². The van der Waals surface area contributed by atoms with Crippen LogP contribution in [0.15, 0.2) is 67.1 Å². The summed E-state index contributed by atoms with van der Waals surface area (Å²) < 4.78 is 1.89. The Hall–Kier alpha value is -2.46. The van der Waals surface area contributed by atoms with Gasteiger partial charge in [0.15, 0.2) is 0 Å². The minimum atomic E-state index is 0.251. The smallest absolute Gasteiger partial charge is 0.0767 e. The van der Waals surface area contributed by atoms with Crippen LogP contribution in [0.4, 0.5) is 0 Å². The first kappa shape index (κ1) is 13.5. The quantitative estimate of drug-likeness (QED) is 0.779. The van der Waals surface area contributed by atoms with E-state index in [0.29, 0.717) is 0 Å². The van der Waals surface area contributed by atoms with Gasteiger partial charge in [0.25, 0.3) is 0 Å². The number of para-hydroxylation sites is 1. The number of aromatic nitrogens is 3. The average molecular weight is 278 g/mol. The first-order chi connectivity index (χ1) is 10.3. The molecule has 106 valence electrons. The maximum atomic E-state index is 4.58. The minimum Gasteiger partial charge on any atom is -0.304 e. The molecule has 0 bridgehead atoms. The molecule has 0 unspecified atom stereocenters. The van der Waals surface area contributed by atoms with Crippen molar-refractivity contribution in [1.82, 2.24) is 20.1 Å². The van der Waals surface area contributed by atoms with Crippen molar-refractivity contribution in [1.29, 1.82) is 0 Å². The average Bonchev–Trinajstić information content (AvgIpc) is 3.03. The molecule has 0 spiro atoms. The molecule has 3 aromatic rings. The van der Waals surface area contributed by atoms with Gasteiger partial charge in [-0.1, -0.05) is 24.3 Å². The first-order valence-electron chi connectivity index (χ1n) is 7.06. The van der Waals surface area contributed by atoms with Crippen LogP contribution in [-0.4, -0.2) is 14.8 Å². The van der Waals surface area contributed by atoms with E-state index < -0.39 is 0 Å². The van der Waals surface area contributed by atoms with Crippen molar-refractivity contribution in [2.45, 2.75) is 19.5 Å². The standard InChI is InChI=1S/C17H18N4/c1-14(15-6-5-10-18-12-15)19-13-16-9-11-21(20-16)17-7-3-2-4-8-17/h2-12,14,19H,13H2,1H3/t14-/m0/s1. The summed E-state index contributed by atoms with van der Waals surface area (Å²) in [5.74, 6) is 0. The Balaban J connectivity index is 1.63. The van der Waals surface area contributed by atoms with E-state index in [-0.39, 0.29) is 6.04 Å². The van der Waals surface area contributed by atoms with Gasteiger partial charge in [-0.15, -0.1) is 0 Å². The Morgan fingerprint density at radius 2 is 1.95 bits per heavy atom. The molecule has 0 aliphatic carbocycles. The molecule has 2 aromatic heterocycles. The zero-order chi connectivity index (χ0) is 14.5. The van der Waals surface area contributed by atoms with Crippen molar-refractivity contribution < 1.29 is 0 Å². The minimum absolute atomic E-state index is 0.251. The van der Waals surface area contributed by atoms with Gasteiger partial charge in [-0.25, -0.2) is 4.68 Å². The van der Waals surface area contributed by atoms with E-state index in [1.54, 1.807) is 6.20 Å². The lowest BCUT2D eigenvalue weighted by molar-refractivity contribution is 0.563. The molecule has 0 aliphatic rings. The zero-order valence-corrected chi connectivity index (χ0v) is 12.0. The fraction of sp³-hybridized carbons (Fsp3) is 0.176. The lowest BCUT2D eigenvalue weighted by Crippen LogP contribution is -2.18. The third kappa shape index (κ3) is 3.35. The van der Waals surface area contributed by atoms with Gasteiger partial charge in [-0.2, -0.15) is 5.10 Å². The first-order valence-corrected chi connectivity index (χ1v) is 7.06. The van der Waals surface area contributed by atoms with E-state index in [4.69, 9.17) is 0 Å². The van der Waals surface area contributed by atoms with E-state index in [0.717, 1.165) is 17.9 Å². The fourth-order valence-corrected chi connectivity index (χ4v) is 2.19. The van der Waals surface area contributed by atoms with Gasteiger partial charge < -0.3 is 5.32 Å². The summed E-state index contributed by atoms with van der Waals surface area (Å²) in [4.78, 5) is 4.14. The Bertz CT molecular complexity index is 676. The Labute approximate surface area is 124 Å². The largest absolute Gasteiger partial charge is 0.304 e. The summed E-state index contributed by atoms with van der Waals surface area (Å²) in [6, 6.07) is 16.4. The highest BCUT2D eigenvalue weighted by atomic mass is 15.3. The summed E-state index contributed by atoms with van der Waals surface area (Å²) in [6.45, 7) is 2.86. The number of pyridine rings is 1. The molecule has 0 saturated carbocycles. The van der Waals surface area contributed by atoms with Crippen LogP contribution >= 0.6 is 0 Å². The molecular formula is C17H18N4. The SMILES string of the molecule is C[C@H](NCc1ccn(-c2ccccc2)n1)c1cccnc1. The number of benzene rings is 1. The van der Waals surface area contributed by atoms with Gasteiger partial charge in [0.1, 0.15) is 0 Å². The Kier molecular flexibility index (Phi) is 4.07. The highest BCUT2D eigenvalue weighted by Crippen LogP contribution is 2.11. The summed E-state index contributed by atoms with van der Waals surface area (Å²) >= 11 is 0. The summed E-state index contributed by atoms with van der Waals surface area (Å²) in [5, 5.41) is 8.05. The Morgan fingerprint density at radius 1 is 1.10 bits per heavy atom. The second-order valence-electron chi connectivity index (χ2n) is 4.98. The van der Waals surface area contributed by atoms with E-state index >= 15 is 0 Å². The van der Waals surface area contributed by atoms with Crippen molar-refractivity contribution in [3.05, 3.63) is 78.4 Å². The molecule has 4 heteroatoms. The summed E-state index contributed by atoms with van der Waals surface area (Å²) in [6.07, 6.45) is 5.67. The maximum Gasteiger partial charge on any atom is 0.0767 e. The monoisotopic (exact) mass is 278 g/mol.